The molecule has 0 heterocycles. The van der Waals surface area contributed by atoms with E-state index in [9.17, 15) is 0 Å². The lowest BCUT2D eigenvalue weighted by Gasteiger charge is -2.33. The fourth-order valence-corrected chi connectivity index (χ4v) is 2.76. The van der Waals surface area contributed by atoms with Crippen molar-refractivity contribution < 1.29 is 4.84 Å². The first kappa shape index (κ1) is 17.7. The number of hydrogen-bond donors (Lipinski definition) is 1. The summed E-state index contributed by atoms with van der Waals surface area (Å²) in [5.74, 6) is 0. The van der Waals surface area contributed by atoms with E-state index < -0.39 is 0 Å². The van der Waals surface area contributed by atoms with Crippen LogP contribution in [0.3, 0.4) is 0 Å². The van der Waals surface area contributed by atoms with Crippen molar-refractivity contribution in [1.82, 2.24) is 5.48 Å². The maximum Gasteiger partial charge on any atom is 0.104 e. The summed E-state index contributed by atoms with van der Waals surface area (Å²) in [4.78, 5) is 6.16. The molecule has 2 aromatic rings. The van der Waals surface area contributed by atoms with E-state index in [0.717, 1.165) is 12.8 Å². The molecule has 0 aliphatic carbocycles. The van der Waals surface area contributed by atoms with Gasteiger partial charge in [-0.05, 0) is 23.0 Å². The van der Waals surface area contributed by atoms with Crippen molar-refractivity contribution in [3.05, 3.63) is 71.8 Å². The van der Waals surface area contributed by atoms with E-state index in [1.165, 1.54) is 11.1 Å². The first-order chi connectivity index (χ1) is 11.0. The molecule has 2 atom stereocenters. The Morgan fingerprint density at radius 1 is 0.870 bits per heavy atom. The first-order valence-electron chi connectivity index (χ1n) is 8.53. The van der Waals surface area contributed by atoms with Gasteiger partial charge in [-0.3, -0.25) is 4.84 Å². The summed E-state index contributed by atoms with van der Waals surface area (Å²) in [6.07, 6.45) is 2.17. The third-order valence-corrected chi connectivity index (χ3v) is 4.05. The van der Waals surface area contributed by atoms with E-state index in [4.69, 9.17) is 4.84 Å². The van der Waals surface area contributed by atoms with Crippen molar-refractivity contribution in [2.24, 2.45) is 5.41 Å². The van der Waals surface area contributed by atoms with Gasteiger partial charge < -0.3 is 0 Å². The molecule has 0 radical (unpaired) electrons. The second kappa shape index (κ2) is 8.28. The quantitative estimate of drug-likeness (QED) is 0.649. The zero-order valence-corrected chi connectivity index (χ0v) is 14.8. The summed E-state index contributed by atoms with van der Waals surface area (Å²) in [6, 6.07) is 21.1. The molecule has 124 valence electrons. The van der Waals surface area contributed by atoms with Crippen LogP contribution < -0.4 is 5.48 Å². The largest absolute Gasteiger partial charge is 0.293 e. The van der Waals surface area contributed by atoms with Gasteiger partial charge in [0, 0.05) is 0 Å². The van der Waals surface area contributed by atoms with Gasteiger partial charge in [0.1, 0.15) is 6.10 Å². The minimum atomic E-state index is 0.0643. The summed E-state index contributed by atoms with van der Waals surface area (Å²) in [7, 11) is 0. The highest BCUT2D eigenvalue weighted by molar-refractivity contribution is 5.21. The minimum absolute atomic E-state index is 0.0643. The van der Waals surface area contributed by atoms with Crippen LogP contribution in [0.25, 0.3) is 0 Å². The van der Waals surface area contributed by atoms with Gasteiger partial charge in [0.25, 0.3) is 0 Å². The molecule has 0 saturated heterocycles. The molecule has 2 nitrogen and oxygen atoms in total. The normalized spacial score (nSPS) is 14.4. The fourth-order valence-electron chi connectivity index (χ4n) is 2.76. The summed E-state index contributed by atoms with van der Waals surface area (Å²) < 4.78 is 0. The Balaban J connectivity index is 2.13. The van der Waals surface area contributed by atoms with Crippen molar-refractivity contribution in [1.29, 1.82) is 0 Å². The van der Waals surface area contributed by atoms with Gasteiger partial charge in [-0.15, -0.1) is 0 Å². The monoisotopic (exact) mass is 311 g/mol. The third kappa shape index (κ3) is 5.19. The molecule has 0 aromatic heterocycles. The van der Waals surface area contributed by atoms with Crippen molar-refractivity contribution in [2.75, 3.05) is 0 Å². The van der Waals surface area contributed by atoms with Gasteiger partial charge in [0.2, 0.25) is 0 Å². The molecule has 2 rings (SSSR count). The van der Waals surface area contributed by atoms with Crippen LogP contribution in [-0.4, -0.2) is 0 Å². The maximum atomic E-state index is 6.16. The summed E-state index contributed by atoms with van der Waals surface area (Å²) in [6.45, 7) is 8.90. The first-order valence-corrected chi connectivity index (χ1v) is 8.53. The van der Waals surface area contributed by atoms with Gasteiger partial charge in [0.05, 0.1) is 6.04 Å². The Morgan fingerprint density at radius 3 is 1.87 bits per heavy atom. The number of benzene rings is 2. The zero-order chi connectivity index (χ0) is 16.7. The Kier molecular flexibility index (Phi) is 6.37. The van der Waals surface area contributed by atoms with Crippen molar-refractivity contribution >= 4 is 0 Å². The minimum Gasteiger partial charge on any atom is -0.293 e. The highest BCUT2D eigenvalue weighted by Crippen LogP contribution is 2.34. The highest BCUT2D eigenvalue weighted by atomic mass is 16.7. The molecule has 0 fully saturated rings. The summed E-state index contributed by atoms with van der Waals surface area (Å²) in [5.41, 5.74) is 5.90. The van der Waals surface area contributed by atoms with E-state index in [1.807, 2.05) is 12.1 Å². The van der Waals surface area contributed by atoms with Gasteiger partial charge in [0.15, 0.2) is 0 Å². The average Bonchev–Trinajstić information content (AvgIpc) is 2.55. The van der Waals surface area contributed by atoms with E-state index in [-0.39, 0.29) is 17.6 Å². The van der Waals surface area contributed by atoms with Crippen LogP contribution in [0.2, 0.25) is 0 Å². The summed E-state index contributed by atoms with van der Waals surface area (Å²) >= 11 is 0. The molecule has 23 heavy (non-hydrogen) atoms. The van der Waals surface area contributed by atoms with Crippen molar-refractivity contribution in [2.45, 2.75) is 52.7 Å². The molecular weight excluding hydrogens is 282 g/mol. The number of rotatable bonds is 7. The van der Waals surface area contributed by atoms with Crippen LogP contribution in [0.15, 0.2) is 60.7 Å². The van der Waals surface area contributed by atoms with Crippen LogP contribution in [0.5, 0.6) is 0 Å². The standard InChI is InChI=1S/C21H29NO/c1-5-12-19(17-13-8-6-9-14-17)23-22-20(21(2,3)4)18-15-10-7-11-16-18/h6-11,13-16,19-20,22H,5,12H2,1-4H3/t19-,20-/m0/s1. The van der Waals surface area contributed by atoms with Crippen LogP contribution in [0, 0.1) is 5.41 Å². The molecule has 0 saturated carbocycles. The predicted octanol–water partition coefficient (Wildman–Crippen LogP) is 5.84. The molecule has 0 bridgehead atoms. The Hall–Kier alpha value is -1.64. The molecule has 0 aliphatic rings. The SMILES string of the molecule is CCC[C@H](ON[C@@H](c1ccccc1)C(C)(C)C)c1ccccc1. The van der Waals surface area contributed by atoms with Gasteiger partial charge in [-0.25, -0.2) is 0 Å². The van der Waals surface area contributed by atoms with Gasteiger partial charge >= 0.3 is 0 Å². The molecule has 0 unspecified atom stereocenters. The molecule has 1 N–H and O–H groups in total. The van der Waals surface area contributed by atoms with Crippen LogP contribution >= 0.6 is 0 Å². The smallest absolute Gasteiger partial charge is 0.104 e. The fraction of sp³-hybridized carbons (Fsp3) is 0.429. The van der Waals surface area contributed by atoms with E-state index >= 15 is 0 Å². The van der Waals surface area contributed by atoms with Crippen LogP contribution in [0.4, 0.5) is 0 Å². The number of hydrogen-bond acceptors (Lipinski definition) is 2. The van der Waals surface area contributed by atoms with Crippen molar-refractivity contribution in [3.63, 3.8) is 0 Å². The molecule has 0 spiro atoms. The van der Waals surface area contributed by atoms with E-state index in [2.05, 4.69) is 81.7 Å². The second-order valence-electron chi connectivity index (χ2n) is 7.13. The topological polar surface area (TPSA) is 21.3 Å². The number of hydroxylamine groups is 1. The molecular formula is C21H29NO. The maximum absolute atomic E-state index is 6.16. The van der Waals surface area contributed by atoms with Gasteiger partial charge in [-0.1, -0.05) is 94.8 Å². The number of nitrogens with one attached hydrogen (secondary N) is 1. The highest BCUT2D eigenvalue weighted by Gasteiger charge is 2.27. The third-order valence-electron chi connectivity index (χ3n) is 4.05. The second-order valence-corrected chi connectivity index (χ2v) is 7.13. The summed E-state index contributed by atoms with van der Waals surface area (Å²) in [5, 5.41) is 0. The van der Waals surface area contributed by atoms with Crippen LogP contribution in [-0.2, 0) is 4.84 Å². The lowest BCUT2D eigenvalue weighted by atomic mass is 9.83. The Morgan fingerprint density at radius 2 is 1.39 bits per heavy atom. The Bertz CT molecular complexity index is 559. The predicted molar refractivity (Wildman–Crippen MR) is 96.9 cm³/mol. The van der Waals surface area contributed by atoms with E-state index in [1.54, 1.807) is 0 Å². The van der Waals surface area contributed by atoms with Crippen molar-refractivity contribution in [3.8, 4) is 0 Å². The average molecular weight is 311 g/mol. The molecule has 0 aliphatic heterocycles. The van der Waals surface area contributed by atoms with Gasteiger partial charge in [-0.2, -0.15) is 5.48 Å². The van der Waals surface area contributed by atoms with E-state index in [0.29, 0.717) is 0 Å². The molecule has 2 aromatic carbocycles. The zero-order valence-electron chi connectivity index (χ0n) is 14.8. The molecule has 2 heteroatoms. The lowest BCUT2D eigenvalue weighted by Crippen LogP contribution is -2.33. The Labute approximate surface area is 140 Å². The molecule has 0 amide bonds. The van der Waals surface area contributed by atoms with Crippen LogP contribution in [0.1, 0.15) is 63.8 Å². The lowest BCUT2D eigenvalue weighted by molar-refractivity contribution is -0.0698.